The number of fused-ring (bicyclic) bond motifs is 32. The Hall–Kier alpha value is -3.27. The molecule has 31 unspecified atom stereocenters. The maximum Gasteiger partial charge on any atom is 0.312 e. The summed E-state index contributed by atoms with van der Waals surface area (Å²) in [5.41, 5.74) is -0.116. The van der Waals surface area contributed by atoms with E-state index in [0.717, 1.165) is 179 Å². The van der Waals surface area contributed by atoms with E-state index in [1.807, 2.05) is 277 Å². The van der Waals surface area contributed by atoms with E-state index in [1.54, 1.807) is 0 Å². The van der Waals surface area contributed by atoms with Gasteiger partial charge >= 0.3 is 35.8 Å². The lowest BCUT2D eigenvalue weighted by Crippen LogP contribution is -2.42. The lowest BCUT2D eigenvalue weighted by molar-refractivity contribution is -0.155. The molecule has 8 heterocycles. The van der Waals surface area contributed by atoms with Crippen LogP contribution in [0.15, 0.2) is 0 Å². The summed E-state index contributed by atoms with van der Waals surface area (Å²) in [5, 5.41) is -0.133. The van der Waals surface area contributed by atoms with E-state index in [4.69, 9.17) is 32.6 Å². The fourth-order valence-electron chi connectivity index (χ4n) is 28.2. The highest BCUT2D eigenvalue weighted by Crippen LogP contribution is 2.74. The van der Waals surface area contributed by atoms with Crippen molar-refractivity contribution in [3.05, 3.63) is 0 Å². The second-order valence-electron chi connectivity index (χ2n) is 35.2. The van der Waals surface area contributed by atoms with Gasteiger partial charge in [0.1, 0.15) is 17.8 Å². The Kier molecular flexibility index (Phi) is 66.7. The predicted molar refractivity (Wildman–Crippen MR) is 542 cm³/mol. The zero-order valence-electron chi connectivity index (χ0n) is 92.4. The van der Waals surface area contributed by atoms with Crippen molar-refractivity contribution < 1.29 is 69.8 Å². The molecule has 17 aliphatic carbocycles. The molecule has 0 radical (unpaired) electrons. The van der Waals surface area contributed by atoms with E-state index in [2.05, 4.69) is 20.8 Å². The van der Waals surface area contributed by atoms with Crippen LogP contribution in [0, 0.1) is 171 Å². The summed E-state index contributed by atoms with van der Waals surface area (Å²) in [7, 11) is -3.13. The lowest BCUT2D eigenvalue weighted by Gasteiger charge is -2.42. The highest BCUT2D eigenvalue weighted by Gasteiger charge is 2.72. The average Bonchev–Trinajstić information content (AvgIpc) is 1.53. The molecule has 25 rings (SSSR count). The maximum absolute atomic E-state index is 12.2. The molecule has 15 nitrogen and oxygen atoms in total. The first-order valence-electron chi connectivity index (χ1n) is 56.4. The Morgan fingerprint density at radius 3 is 1.17 bits per heavy atom. The van der Waals surface area contributed by atoms with Gasteiger partial charge in [0.2, 0.25) is 0 Å². The van der Waals surface area contributed by atoms with Crippen LogP contribution in [0.1, 0.15) is 465 Å². The van der Waals surface area contributed by atoms with Crippen LogP contribution >= 0.6 is 0 Å². The molecule has 8 aliphatic heterocycles. The van der Waals surface area contributed by atoms with E-state index < -0.39 is 10.1 Å². The van der Waals surface area contributed by atoms with Gasteiger partial charge in [0, 0.05) is 29.1 Å². The Morgan fingerprint density at radius 2 is 0.750 bits per heavy atom. The van der Waals surface area contributed by atoms with E-state index in [-0.39, 0.29) is 81.5 Å². The molecule has 20 bridgehead atoms. The van der Waals surface area contributed by atoms with Gasteiger partial charge in [0.05, 0.1) is 66.2 Å². The minimum absolute atomic E-state index is 0.00366. The molecule has 0 N–H and O–H groups in total. The van der Waals surface area contributed by atoms with Crippen LogP contribution in [0.4, 0.5) is 0 Å². The third kappa shape index (κ3) is 28.0. The van der Waals surface area contributed by atoms with Gasteiger partial charge < -0.3 is 28.4 Å². The number of hydrogen-bond acceptors (Lipinski definition) is 15. The number of hydrogen-bond donors (Lipinski definition) is 0. The molecule has 128 heavy (non-hydrogen) atoms. The van der Waals surface area contributed by atoms with Crippen LogP contribution in [-0.2, 0) is 71.5 Å². The van der Waals surface area contributed by atoms with Gasteiger partial charge in [0.25, 0.3) is 10.1 Å². The van der Waals surface area contributed by atoms with Gasteiger partial charge in [-0.3, -0.25) is 33.0 Å². The van der Waals surface area contributed by atoms with E-state index >= 15 is 0 Å². The summed E-state index contributed by atoms with van der Waals surface area (Å²) in [6, 6.07) is 0. The van der Waals surface area contributed by atoms with Crippen LogP contribution in [-0.4, -0.2) is 93.2 Å². The number of ether oxygens (including phenoxy) is 6. The highest BCUT2D eigenvalue weighted by molar-refractivity contribution is 7.87. The van der Waals surface area contributed by atoms with Crippen molar-refractivity contribution in [2.75, 3.05) is 19.8 Å². The molecule has 0 amide bonds. The minimum atomic E-state index is -3.13. The number of rotatable bonds is 0. The van der Waals surface area contributed by atoms with Crippen LogP contribution < -0.4 is 0 Å². The average molecular weight is 1840 g/mol. The zero-order chi connectivity index (χ0) is 99.8. The first kappa shape index (κ1) is 129. The third-order valence-electron chi connectivity index (χ3n) is 31.8. The summed E-state index contributed by atoms with van der Waals surface area (Å²) in [6.45, 7) is 88.5. The van der Waals surface area contributed by atoms with Crippen LogP contribution in [0.3, 0.4) is 0 Å². The van der Waals surface area contributed by atoms with E-state index in [9.17, 15) is 37.2 Å². The molecule has 0 aromatic heterocycles. The smallest absolute Gasteiger partial charge is 0.312 e. The molecule has 8 saturated heterocycles. The maximum atomic E-state index is 12.2. The van der Waals surface area contributed by atoms with Crippen molar-refractivity contribution in [2.24, 2.45) is 171 Å². The summed E-state index contributed by atoms with van der Waals surface area (Å²) in [4.78, 5) is 68.9. The summed E-state index contributed by atoms with van der Waals surface area (Å²) < 4.78 is 59.1. The molecule has 0 aromatic rings. The number of cyclic esters (lactones) is 3. The van der Waals surface area contributed by atoms with E-state index in [1.165, 1.54) is 89.9 Å². The number of carbonyl (C=O) groups excluding carboxylic acids is 6. The van der Waals surface area contributed by atoms with Gasteiger partial charge in [0.15, 0.2) is 0 Å². The van der Waals surface area contributed by atoms with Gasteiger partial charge in [-0.15, -0.1) is 0 Å². The Bertz CT molecular complexity index is 3020. The Morgan fingerprint density at radius 1 is 0.312 bits per heavy atom. The summed E-state index contributed by atoms with van der Waals surface area (Å²) in [5.74, 6) is 19.9. The van der Waals surface area contributed by atoms with Crippen molar-refractivity contribution in [3.8, 4) is 0 Å². The summed E-state index contributed by atoms with van der Waals surface area (Å²) >= 11 is 0. The fraction of sp³-hybridized carbons (Fsp3) is 0.946. The van der Waals surface area contributed by atoms with E-state index in [0.29, 0.717) is 71.9 Å². The SMILES string of the molecule is CC.CC.CC.CC.CC.CC.CC.CC.CC.CC.CC.CC.CC.CC.CC.CC.CC.CC.CC.CC.CC12CCC(C(=O)O1)C2(C)C.O=C1OC2CC3CC(C2)CC1C3.O=C1OC2CC3CC1C2C3.O=C1OCC2C3CC(C12)C1C2CCC(C2)C31.O=C1OCC2C3CCC(C3)C12.O=C1OCCC12CC1CC2C2C3CCC(C3)C12.O=S1(=O)OC2CC3CC2C1C3. The van der Waals surface area contributed by atoms with Crippen LogP contribution in [0.25, 0.3) is 0 Å². The predicted octanol–water partition coefficient (Wildman–Crippen LogP) is 31.4. The molecule has 16 heteroatoms. The van der Waals surface area contributed by atoms with Gasteiger partial charge in [-0.1, -0.05) is 291 Å². The van der Waals surface area contributed by atoms with Crippen LogP contribution in [0.2, 0.25) is 0 Å². The fourth-order valence-corrected chi connectivity index (χ4v) is 30.2. The molecule has 31 atom stereocenters. The van der Waals surface area contributed by atoms with Crippen LogP contribution in [0.5, 0.6) is 0 Å². The van der Waals surface area contributed by atoms with Gasteiger partial charge in [-0.2, -0.15) is 8.42 Å². The first-order chi connectivity index (χ1) is 62.3. The van der Waals surface area contributed by atoms with Crippen molar-refractivity contribution in [2.45, 2.75) is 494 Å². The van der Waals surface area contributed by atoms with Gasteiger partial charge in [-0.05, 0) is 280 Å². The third-order valence-corrected chi connectivity index (χ3v) is 33.6. The molecule has 762 valence electrons. The molecular weight excluding hydrogens is 1620 g/mol. The second-order valence-corrected chi connectivity index (χ2v) is 37.0. The molecule has 25 fully saturated rings. The minimum Gasteiger partial charge on any atom is -0.465 e. The standard InChI is InChI=1S/C15H20O2.C14H18O2.C10H14O2.C9H12O2.C9H14O2.C8H10O2.C7H10O3S.20C2H6/c16-14-15(3-4-17-14)7-10-6-11(15)13-9-2-1-8(5-9)12(10)13;15-14-13-9-4-8(10(13)5-16-14)11-6-1-2-7(3-6)12(9)11;11-10-8-2-6-1-7(3-8)5-9(4-6)12-10;10-9-8-6-2-1-5(3-6)7(8)4-11-9;1-8(2)6-4-5-9(8,3)11-7(6)10;9-8-6-2-4-1-5(6)7(3-4)10-8;8-11(9)7-3-4-1-5(7)6(2-4)10-11;20*1-2/h8-13H,1-7H2;6-13H,1-5H2;6-9H,1-5H2;5-8H,1-4H2;6H,4-5H2,1-3H3;4-7H,1-3H2;4-7H,1-3H2;20*1-2H3. The first-order valence-corrected chi connectivity index (χ1v) is 57.8. The number of esters is 6. The van der Waals surface area contributed by atoms with Crippen molar-refractivity contribution in [1.82, 2.24) is 0 Å². The van der Waals surface area contributed by atoms with Crippen molar-refractivity contribution in [3.63, 3.8) is 0 Å². The largest absolute Gasteiger partial charge is 0.465 e. The quantitative estimate of drug-likeness (QED) is 0.0958. The van der Waals surface area contributed by atoms with Crippen molar-refractivity contribution >= 4 is 45.9 Å². The second kappa shape index (κ2) is 66.2. The summed E-state index contributed by atoms with van der Waals surface area (Å²) in [6.07, 6.45) is 32.9. The molecule has 0 aromatic carbocycles. The Labute approximate surface area is 795 Å². The highest BCUT2D eigenvalue weighted by atomic mass is 32.2. The lowest BCUT2D eigenvalue weighted by atomic mass is 9.60. The normalized spacial score (nSPS) is 39.9. The molecule has 17 saturated carbocycles. The molecule has 1 spiro atoms. The monoisotopic (exact) mass is 1840 g/mol. The zero-order valence-corrected chi connectivity index (χ0v) is 93.3. The molecular formula is C112H218O15S. The topological polar surface area (TPSA) is 201 Å². The van der Waals surface area contributed by atoms with Crippen molar-refractivity contribution in [1.29, 1.82) is 0 Å². The number of carbonyl (C=O) groups is 6. The van der Waals surface area contributed by atoms with Gasteiger partial charge in [-0.25, -0.2) is 0 Å². The molecule has 25 aliphatic rings. The Balaban J connectivity index is -0.00000134.